The van der Waals surface area contributed by atoms with Crippen LogP contribution >= 0.6 is 0 Å². The van der Waals surface area contributed by atoms with Crippen LogP contribution < -0.4 is 16.0 Å². The molecule has 110 valence electrons. The maximum atomic E-state index is 11.9. The molecule has 0 spiro atoms. The van der Waals surface area contributed by atoms with Gasteiger partial charge in [-0.1, -0.05) is 19.1 Å². The van der Waals surface area contributed by atoms with E-state index in [0.29, 0.717) is 6.04 Å². The molecule has 0 aliphatic heterocycles. The fourth-order valence-corrected chi connectivity index (χ4v) is 2.11. The van der Waals surface area contributed by atoms with Crippen LogP contribution in [0.5, 0.6) is 0 Å². The fraction of sp³-hybridized carbons (Fsp3) is 0.562. The van der Waals surface area contributed by atoms with Gasteiger partial charge in [0.05, 0.1) is 0 Å². The number of carbonyl (C=O) groups excluding carboxylic acids is 1. The van der Waals surface area contributed by atoms with Crippen LogP contribution in [0.1, 0.15) is 51.6 Å². The Hall–Kier alpha value is -1.55. The summed E-state index contributed by atoms with van der Waals surface area (Å²) in [6.45, 7) is 7.36. The maximum Gasteiger partial charge on any atom is 0.319 e. The largest absolute Gasteiger partial charge is 0.333 e. The van der Waals surface area contributed by atoms with Crippen LogP contribution in [-0.4, -0.2) is 18.1 Å². The summed E-state index contributed by atoms with van der Waals surface area (Å²) in [6.07, 6.45) is 3.25. The molecule has 2 amide bonds. The average Bonchev–Trinajstić information content (AvgIpc) is 3.13. The molecule has 1 fully saturated rings. The van der Waals surface area contributed by atoms with E-state index in [1.54, 1.807) is 0 Å². The molecule has 1 aliphatic rings. The Balaban J connectivity index is 1.93. The SMILES string of the molecule is CCCNC(C)c1cccc(NC(=O)NC2(C)CC2)c1. The molecule has 1 unspecified atom stereocenters. The molecule has 3 N–H and O–H groups in total. The Morgan fingerprint density at radius 2 is 2.15 bits per heavy atom. The highest BCUT2D eigenvalue weighted by atomic mass is 16.2. The lowest BCUT2D eigenvalue weighted by Gasteiger charge is -2.16. The van der Waals surface area contributed by atoms with E-state index in [9.17, 15) is 4.79 Å². The van der Waals surface area contributed by atoms with Gasteiger partial charge >= 0.3 is 6.03 Å². The Bertz CT molecular complexity index is 469. The van der Waals surface area contributed by atoms with Crippen molar-refractivity contribution in [2.75, 3.05) is 11.9 Å². The van der Waals surface area contributed by atoms with Gasteiger partial charge in [0.15, 0.2) is 0 Å². The second-order valence-corrected chi connectivity index (χ2v) is 5.94. The van der Waals surface area contributed by atoms with E-state index < -0.39 is 0 Å². The van der Waals surface area contributed by atoms with Crippen LogP contribution in [0.4, 0.5) is 10.5 Å². The number of urea groups is 1. The molecule has 1 aliphatic carbocycles. The number of carbonyl (C=O) groups is 1. The number of benzene rings is 1. The molecule has 0 aromatic heterocycles. The van der Waals surface area contributed by atoms with E-state index in [0.717, 1.165) is 31.5 Å². The average molecular weight is 275 g/mol. The summed E-state index contributed by atoms with van der Waals surface area (Å²) in [6, 6.07) is 8.19. The summed E-state index contributed by atoms with van der Waals surface area (Å²) in [5, 5.41) is 9.36. The molecule has 0 bridgehead atoms. The van der Waals surface area contributed by atoms with Crippen molar-refractivity contribution in [2.45, 2.75) is 51.6 Å². The summed E-state index contributed by atoms with van der Waals surface area (Å²) in [5.74, 6) is 0. The standard InChI is InChI=1S/C16H25N3O/c1-4-10-17-12(2)13-6-5-7-14(11-13)18-15(20)19-16(3)8-9-16/h5-7,11-12,17H,4,8-10H2,1-3H3,(H2,18,19,20). The Morgan fingerprint density at radius 1 is 1.40 bits per heavy atom. The summed E-state index contributed by atoms with van der Waals surface area (Å²) in [7, 11) is 0. The zero-order valence-electron chi connectivity index (χ0n) is 12.6. The minimum atomic E-state index is -0.115. The molecular weight excluding hydrogens is 250 g/mol. The molecule has 1 aromatic carbocycles. The van der Waals surface area contributed by atoms with Gasteiger partial charge in [-0.05, 0) is 57.4 Å². The Morgan fingerprint density at radius 3 is 2.80 bits per heavy atom. The molecule has 0 radical (unpaired) electrons. The Labute approximate surface area is 121 Å². The normalized spacial score (nSPS) is 17.4. The third kappa shape index (κ3) is 4.23. The van der Waals surface area contributed by atoms with Crippen molar-refractivity contribution in [2.24, 2.45) is 0 Å². The van der Waals surface area contributed by atoms with Crippen LogP contribution in [0.3, 0.4) is 0 Å². The van der Waals surface area contributed by atoms with Crippen LogP contribution in [0.2, 0.25) is 0 Å². The zero-order valence-corrected chi connectivity index (χ0v) is 12.6. The van der Waals surface area contributed by atoms with E-state index in [2.05, 4.69) is 42.8 Å². The summed E-state index contributed by atoms with van der Waals surface area (Å²) >= 11 is 0. The van der Waals surface area contributed by atoms with Crippen LogP contribution in [-0.2, 0) is 0 Å². The number of amides is 2. The zero-order chi connectivity index (χ0) is 14.6. The lowest BCUT2D eigenvalue weighted by atomic mass is 10.1. The maximum absolute atomic E-state index is 11.9. The summed E-state index contributed by atoms with van der Waals surface area (Å²) < 4.78 is 0. The van der Waals surface area contributed by atoms with Gasteiger partial charge in [0.1, 0.15) is 0 Å². The van der Waals surface area contributed by atoms with Gasteiger partial charge in [0.2, 0.25) is 0 Å². The van der Waals surface area contributed by atoms with E-state index in [1.165, 1.54) is 5.56 Å². The van der Waals surface area contributed by atoms with Crippen molar-refractivity contribution < 1.29 is 4.79 Å². The highest BCUT2D eigenvalue weighted by Gasteiger charge is 2.38. The predicted octanol–water partition coefficient (Wildman–Crippen LogP) is 3.42. The first kappa shape index (κ1) is 14.9. The van der Waals surface area contributed by atoms with E-state index in [4.69, 9.17) is 0 Å². The third-order valence-corrected chi connectivity index (χ3v) is 3.76. The van der Waals surface area contributed by atoms with Crippen molar-refractivity contribution in [3.63, 3.8) is 0 Å². The predicted molar refractivity (Wildman–Crippen MR) is 82.9 cm³/mol. The van der Waals surface area contributed by atoms with Crippen LogP contribution in [0, 0.1) is 0 Å². The van der Waals surface area contributed by atoms with Gasteiger partial charge in [-0.15, -0.1) is 0 Å². The highest BCUT2D eigenvalue weighted by molar-refractivity contribution is 5.90. The van der Waals surface area contributed by atoms with Crippen LogP contribution in [0.15, 0.2) is 24.3 Å². The third-order valence-electron chi connectivity index (χ3n) is 3.76. The van der Waals surface area contributed by atoms with Gasteiger partial charge in [0.25, 0.3) is 0 Å². The fourth-order valence-electron chi connectivity index (χ4n) is 2.11. The number of anilines is 1. The van der Waals surface area contributed by atoms with Gasteiger partial charge in [-0.2, -0.15) is 0 Å². The first-order valence-electron chi connectivity index (χ1n) is 7.45. The lowest BCUT2D eigenvalue weighted by Crippen LogP contribution is -2.37. The first-order valence-corrected chi connectivity index (χ1v) is 7.45. The monoisotopic (exact) mass is 275 g/mol. The smallest absolute Gasteiger partial charge is 0.319 e. The van der Waals surface area contributed by atoms with Crippen molar-refractivity contribution in [3.05, 3.63) is 29.8 Å². The molecule has 4 nitrogen and oxygen atoms in total. The summed E-state index contributed by atoms with van der Waals surface area (Å²) in [5.41, 5.74) is 2.04. The van der Waals surface area contributed by atoms with Crippen molar-refractivity contribution >= 4 is 11.7 Å². The molecule has 0 saturated heterocycles. The number of nitrogens with one attached hydrogen (secondary N) is 3. The minimum Gasteiger partial charge on any atom is -0.333 e. The topological polar surface area (TPSA) is 53.2 Å². The molecule has 2 rings (SSSR count). The molecule has 4 heteroatoms. The minimum absolute atomic E-state index is 0.0116. The molecular formula is C16H25N3O. The van der Waals surface area contributed by atoms with Crippen molar-refractivity contribution in [1.82, 2.24) is 10.6 Å². The van der Waals surface area contributed by atoms with Crippen molar-refractivity contribution in [3.8, 4) is 0 Å². The number of rotatable bonds is 6. The molecule has 20 heavy (non-hydrogen) atoms. The molecule has 1 aromatic rings. The highest BCUT2D eigenvalue weighted by Crippen LogP contribution is 2.34. The quantitative estimate of drug-likeness (QED) is 0.745. The van der Waals surface area contributed by atoms with Gasteiger partial charge in [-0.3, -0.25) is 0 Å². The van der Waals surface area contributed by atoms with E-state index in [-0.39, 0.29) is 11.6 Å². The van der Waals surface area contributed by atoms with E-state index >= 15 is 0 Å². The number of hydrogen-bond donors (Lipinski definition) is 3. The summed E-state index contributed by atoms with van der Waals surface area (Å²) in [4.78, 5) is 11.9. The van der Waals surface area contributed by atoms with Crippen molar-refractivity contribution in [1.29, 1.82) is 0 Å². The first-order chi connectivity index (χ1) is 9.52. The molecule has 1 atom stereocenters. The lowest BCUT2D eigenvalue weighted by molar-refractivity contribution is 0.248. The van der Waals surface area contributed by atoms with E-state index in [1.807, 2.05) is 18.2 Å². The van der Waals surface area contributed by atoms with Gasteiger partial charge < -0.3 is 16.0 Å². The second kappa shape index (κ2) is 6.27. The molecule has 0 heterocycles. The Kier molecular flexibility index (Phi) is 4.65. The van der Waals surface area contributed by atoms with Crippen LogP contribution in [0.25, 0.3) is 0 Å². The van der Waals surface area contributed by atoms with Gasteiger partial charge in [0, 0.05) is 17.3 Å². The van der Waals surface area contributed by atoms with Gasteiger partial charge in [-0.25, -0.2) is 4.79 Å². The second-order valence-electron chi connectivity index (χ2n) is 5.94. The molecule has 1 saturated carbocycles. The number of hydrogen-bond acceptors (Lipinski definition) is 2.